The fourth-order valence-electron chi connectivity index (χ4n) is 2.12. The van der Waals surface area contributed by atoms with Crippen molar-refractivity contribution in [3.63, 3.8) is 0 Å². The van der Waals surface area contributed by atoms with Crippen molar-refractivity contribution in [2.45, 2.75) is 19.4 Å². The van der Waals surface area contributed by atoms with Crippen LogP contribution in [-0.4, -0.2) is 42.6 Å². The number of methoxy groups -OCH3 is 1. The molecule has 0 N–H and O–H groups in total. The van der Waals surface area contributed by atoms with E-state index in [0.29, 0.717) is 0 Å². The van der Waals surface area contributed by atoms with Gasteiger partial charge in [-0.2, -0.15) is 11.8 Å². The molecule has 1 atom stereocenters. The molecule has 0 amide bonds. The summed E-state index contributed by atoms with van der Waals surface area (Å²) >= 11 is 2.00. The Labute approximate surface area is 112 Å². The summed E-state index contributed by atoms with van der Waals surface area (Å²) in [5, 5.41) is 0. The molecule has 0 saturated carbocycles. The van der Waals surface area contributed by atoms with Crippen molar-refractivity contribution in [3.8, 4) is 0 Å². The highest BCUT2D eigenvalue weighted by Crippen LogP contribution is 2.25. The average molecular weight is 269 g/mol. The summed E-state index contributed by atoms with van der Waals surface area (Å²) in [6.45, 7) is 4.28. The van der Waals surface area contributed by atoms with Crippen LogP contribution in [0.25, 0.3) is 0 Å². The Morgan fingerprint density at radius 3 is 3.06 bits per heavy atom. The van der Waals surface area contributed by atoms with E-state index in [2.05, 4.69) is 16.6 Å². The van der Waals surface area contributed by atoms with Crippen molar-refractivity contribution in [2.24, 2.45) is 0 Å². The van der Waals surface area contributed by atoms with Gasteiger partial charge in [0.2, 0.25) is 5.76 Å². The number of hydrogen-bond donors (Lipinski definition) is 0. The number of furan rings is 1. The summed E-state index contributed by atoms with van der Waals surface area (Å²) < 4.78 is 10.2. The van der Waals surface area contributed by atoms with E-state index in [9.17, 15) is 4.79 Å². The Balaban J connectivity index is 2.05. The molecule has 1 unspecified atom stereocenters. The number of rotatable bonds is 3. The summed E-state index contributed by atoms with van der Waals surface area (Å²) in [7, 11) is 1.36. The molecule has 0 bridgehead atoms. The lowest BCUT2D eigenvalue weighted by molar-refractivity contribution is 0.0559. The molecular formula is C13H19NO3S. The van der Waals surface area contributed by atoms with Gasteiger partial charge in [0, 0.05) is 12.3 Å². The van der Waals surface area contributed by atoms with Crippen LogP contribution in [0.15, 0.2) is 16.5 Å². The van der Waals surface area contributed by atoms with Gasteiger partial charge in [-0.1, -0.05) is 0 Å². The highest BCUT2D eigenvalue weighted by molar-refractivity contribution is 7.99. The molecule has 2 rings (SSSR count). The Hall–Kier alpha value is -0.940. The zero-order chi connectivity index (χ0) is 13.0. The molecule has 0 aromatic carbocycles. The van der Waals surface area contributed by atoms with Crippen LogP contribution < -0.4 is 0 Å². The van der Waals surface area contributed by atoms with Crippen molar-refractivity contribution < 1.29 is 13.9 Å². The van der Waals surface area contributed by atoms with Gasteiger partial charge in [0.05, 0.1) is 13.2 Å². The van der Waals surface area contributed by atoms with Gasteiger partial charge in [-0.15, -0.1) is 0 Å². The number of ether oxygens (including phenoxy) is 1. The van der Waals surface area contributed by atoms with Crippen molar-refractivity contribution >= 4 is 17.7 Å². The maximum Gasteiger partial charge on any atom is 0.373 e. The van der Waals surface area contributed by atoms with E-state index in [0.717, 1.165) is 24.6 Å². The van der Waals surface area contributed by atoms with Gasteiger partial charge >= 0.3 is 5.97 Å². The van der Waals surface area contributed by atoms with E-state index >= 15 is 0 Å². The molecule has 2 heterocycles. The molecule has 4 nitrogen and oxygen atoms in total. The molecule has 0 spiro atoms. The molecule has 0 radical (unpaired) electrons. The van der Waals surface area contributed by atoms with Crippen LogP contribution in [0.2, 0.25) is 0 Å². The van der Waals surface area contributed by atoms with E-state index in [-0.39, 0.29) is 11.8 Å². The van der Waals surface area contributed by atoms with Gasteiger partial charge in [-0.3, -0.25) is 4.90 Å². The summed E-state index contributed by atoms with van der Waals surface area (Å²) in [6.07, 6.45) is 1.21. The number of carbonyl (C=O) groups is 1. The minimum Gasteiger partial charge on any atom is -0.463 e. The lowest BCUT2D eigenvalue weighted by Gasteiger charge is -2.25. The van der Waals surface area contributed by atoms with Crippen LogP contribution in [0.5, 0.6) is 0 Å². The molecule has 5 heteroatoms. The maximum absolute atomic E-state index is 11.3. The van der Waals surface area contributed by atoms with E-state index in [1.807, 2.05) is 17.8 Å². The Morgan fingerprint density at radius 2 is 2.28 bits per heavy atom. The highest BCUT2D eigenvalue weighted by Gasteiger charge is 2.21. The van der Waals surface area contributed by atoms with Gasteiger partial charge in [-0.05, 0) is 37.8 Å². The van der Waals surface area contributed by atoms with Gasteiger partial charge in [0.1, 0.15) is 5.76 Å². The monoisotopic (exact) mass is 269 g/mol. The molecular weight excluding hydrogens is 250 g/mol. The second-order valence-electron chi connectivity index (χ2n) is 4.37. The van der Waals surface area contributed by atoms with Crippen LogP contribution >= 0.6 is 11.8 Å². The Kier molecular flexibility index (Phi) is 4.72. The topological polar surface area (TPSA) is 42.7 Å². The quantitative estimate of drug-likeness (QED) is 0.789. The number of hydrogen-bond acceptors (Lipinski definition) is 5. The largest absolute Gasteiger partial charge is 0.463 e. The fraction of sp³-hybridized carbons (Fsp3) is 0.615. The molecule has 1 saturated heterocycles. The zero-order valence-electron chi connectivity index (χ0n) is 10.8. The van der Waals surface area contributed by atoms with Gasteiger partial charge in [-0.25, -0.2) is 4.79 Å². The standard InChI is InChI=1S/C13H19NO3S/c1-10(14-6-3-8-18-9-7-14)11-4-5-12(17-11)13(15)16-2/h4-5,10H,3,6-9H2,1-2H3. The van der Waals surface area contributed by atoms with Crippen molar-refractivity contribution in [3.05, 3.63) is 23.7 Å². The third kappa shape index (κ3) is 3.09. The molecule has 100 valence electrons. The fourth-order valence-corrected chi connectivity index (χ4v) is 3.02. The summed E-state index contributed by atoms with van der Waals surface area (Å²) in [5.41, 5.74) is 0. The number of esters is 1. The third-order valence-electron chi connectivity index (χ3n) is 3.23. The van der Waals surface area contributed by atoms with Crippen LogP contribution in [0, 0.1) is 0 Å². The Bertz CT molecular complexity index is 397. The van der Waals surface area contributed by atoms with E-state index in [1.54, 1.807) is 6.07 Å². The highest BCUT2D eigenvalue weighted by atomic mass is 32.2. The van der Waals surface area contributed by atoms with Crippen molar-refractivity contribution in [1.29, 1.82) is 0 Å². The lowest BCUT2D eigenvalue weighted by atomic mass is 10.2. The average Bonchev–Trinajstić information content (AvgIpc) is 2.72. The first-order valence-corrected chi connectivity index (χ1v) is 7.37. The number of carbonyl (C=O) groups excluding carboxylic acids is 1. The normalized spacial score (nSPS) is 19.2. The van der Waals surface area contributed by atoms with E-state index < -0.39 is 5.97 Å². The molecule has 18 heavy (non-hydrogen) atoms. The predicted octanol–water partition coefficient (Wildman–Crippen LogP) is 2.57. The molecule has 1 fully saturated rings. The van der Waals surface area contributed by atoms with Crippen molar-refractivity contribution in [1.82, 2.24) is 4.90 Å². The van der Waals surface area contributed by atoms with Gasteiger partial charge in [0.15, 0.2) is 0 Å². The van der Waals surface area contributed by atoms with Crippen LogP contribution in [0.3, 0.4) is 0 Å². The predicted molar refractivity (Wildman–Crippen MR) is 72.0 cm³/mol. The third-order valence-corrected chi connectivity index (χ3v) is 4.28. The van der Waals surface area contributed by atoms with Gasteiger partial charge in [0.25, 0.3) is 0 Å². The molecule has 1 aliphatic rings. The SMILES string of the molecule is COC(=O)c1ccc(C(C)N2CCCSCC2)o1. The first-order chi connectivity index (χ1) is 8.72. The summed E-state index contributed by atoms with van der Waals surface area (Å²) in [4.78, 5) is 13.8. The smallest absolute Gasteiger partial charge is 0.373 e. The molecule has 1 aromatic rings. The van der Waals surface area contributed by atoms with E-state index in [1.165, 1.54) is 19.3 Å². The number of thioether (sulfide) groups is 1. The summed E-state index contributed by atoms with van der Waals surface area (Å²) in [5.74, 6) is 3.09. The maximum atomic E-state index is 11.3. The first-order valence-electron chi connectivity index (χ1n) is 6.22. The summed E-state index contributed by atoms with van der Waals surface area (Å²) in [6, 6.07) is 3.77. The minimum atomic E-state index is -0.417. The van der Waals surface area contributed by atoms with Crippen LogP contribution in [0.1, 0.15) is 35.7 Å². The van der Waals surface area contributed by atoms with Crippen LogP contribution in [0.4, 0.5) is 0 Å². The molecule has 1 aromatic heterocycles. The number of nitrogens with zero attached hydrogens (tertiary/aromatic N) is 1. The Morgan fingerprint density at radius 1 is 1.44 bits per heavy atom. The zero-order valence-corrected chi connectivity index (χ0v) is 11.7. The lowest BCUT2D eigenvalue weighted by Crippen LogP contribution is -2.28. The molecule has 0 aliphatic carbocycles. The van der Waals surface area contributed by atoms with Crippen molar-refractivity contribution in [2.75, 3.05) is 31.7 Å². The van der Waals surface area contributed by atoms with Crippen LogP contribution in [-0.2, 0) is 4.74 Å². The van der Waals surface area contributed by atoms with E-state index in [4.69, 9.17) is 4.42 Å². The van der Waals surface area contributed by atoms with Gasteiger partial charge < -0.3 is 9.15 Å². The second kappa shape index (κ2) is 6.29. The first kappa shape index (κ1) is 13.5. The second-order valence-corrected chi connectivity index (χ2v) is 5.60. The minimum absolute atomic E-state index is 0.210. The molecule has 1 aliphatic heterocycles.